The van der Waals surface area contributed by atoms with Crippen molar-refractivity contribution < 1.29 is 9.53 Å². The summed E-state index contributed by atoms with van der Waals surface area (Å²) in [4.78, 5) is 9.72. The van der Waals surface area contributed by atoms with Crippen molar-refractivity contribution in [1.29, 1.82) is 0 Å². The highest BCUT2D eigenvalue weighted by Crippen LogP contribution is 2.16. The van der Waals surface area contributed by atoms with Crippen molar-refractivity contribution in [2.45, 2.75) is 0 Å². The molecule has 0 spiro atoms. The summed E-state index contributed by atoms with van der Waals surface area (Å²) >= 11 is 3.22. The third-order valence-electron chi connectivity index (χ3n) is 0.956. The predicted molar refractivity (Wildman–Crippen MR) is 40.5 cm³/mol. The molecule has 51 valence electrons. The molecule has 10 heavy (non-hydrogen) atoms. The Morgan fingerprint density at radius 3 is 2.90 bits per heavy atom. The molecule has 1 rings (SSSR count). The summed E-state index contributed by atoms with van der Waals surface area (Å²) in [6, 6.07) is 6.98. The molecule has 0 fully saturated rings. The minimum atomic E-state index is 0.490. The first-order valence-corrected chi connectivity index (χ1v) is 3.42. The molecule has 0 saturated carbocycles. The minimum absolute atomic E-state index is 0.490. The van der Waals surface area contributed by atoms with Gasteiger partial charge < -0.3 is 4.74 Å². The van der Waals surface area contributed by atoms with Gasteiger partial charge in [0, 0.05) is 4.47 Å². The van der Waals surface area contributed by atoms with Crippen molar-refractivity contribution in [3.63, 3.8) is 0 Å². The smallest absolute Gasteiger partial charge is 0.418 e. The van der Waals surface area contributed by atoms with E-state index in [9.17, 15) is 4.79 Å². The standard InChI is InChI=1S/C7H4BrO2/c8-6-2-1-3-7(4-6)10-5-9/h1-4H. The number of hydrogen-bond acceptors (Lipinski definition) is 2. The lowest BCUT2D eigenvalue weighted by Gasteiger charge is -1.94. The number of hydrogen-bond donors (Lipinski definition) is 0. The zero-order chi connectivity index (χ0) is 7.40. The van der Waals surface area contributed by atoms with E-state index in [-0.39, 0.29) is 0 Å². The number of ether oxygens (including phenoxy) is 1. The predicted octanol–water partition coefficient (Wildman–Crippen LogP) is 1.90. The number of rotatable bonds is 2. The molecule has 0 N–H and O–H groups in total. The molecule has 3 heteroatoms. The maximum atomic E-state index is 9.72. The van der Waals surface area contributed by atoms with Gasteiger partial charge >= 0.3 is 6.47 Å². The van der Waals surface area contributed by atoms with Crippen molar-refractivity contribution in [2.75, 3.05) is 0 Å². The number of carbonyl (C=O) groups excluding carboxylic acids is 1. The van der Waals surface area contributed by atoms with Gasteiger partial charge in [-0.2, -0.15) is 0 Å². The Labute approximate surface area is 66.9 Å². The van der Waals surface area contributed by atoms with Gasteiger partial charge in [0.25, 0.3) is 0 Å². The van der Waals surface area contributed by atoms with Crippen LogP contribution < -0.4 is 4.74 Å². The fourth-order valence-electron chi connectivity index (χ4n) is 0.579. The van der Waals surface area contributed by atoms with Gasteiger partial charge in [0.1, 0.15) is 5.75 Å². The summed E-state index contributed by atoms with van der Waals surface area (Å²) in [5.41, 5.74) is 0. The van der Waals surface area contributed by atoms with E-state index >= 15 is 0 Å². The lowest BCUT2D eigenvalue weighted by Crippen LogP contribution is -1.86. The van der Waals surface area contributed by atoms with E-state index in [1.54, 1.807) is 18.2 Å². The lowest BCUT2D eigenvalue weighted by molar-refractivity contribution is 0.442. The van der Waals surface area contributed by atoms with E-state index in [4.69, 9.17) is 0 Å². The Bertz CT molecular complexity index is 235. The Balaban J connectivity index is 2.84. The highest BCUT2D eigenvalue weighted by Gasteiger charge is 1.91. The molecule has 0 saturated heterocycles. The molecular weight excluding hydrogens is 196 g/mol. The maximum Gasteiger partial charge on any atom is 0.423 e. The maximum absolute atomic E-state index is 9.72. The average Bonchev–Trinajstić information content (AvgIpc) is 1.88. The van der Waals surface area contributed by atoms with Gasteiger partial charge in [-0.25, -0.2) is 4.79 Å². The summed E-state index contributed by atoms with van der Waals surface area (Å²) in [5, 5.41) is 0. The van der Waals surface area contributed by atoms with Crippen LogP contribution in [0.5, 0.6) is 5.75 Å². The number of halogens is 1. The summed E-state index contributed by atoms with van der Waals surface area (Å²) in [6.45, 7) is 1.34. The monoisotopic (exact) mass is 199 g/mol. The SMILES string of the molecule is O=[C]Oc1cccc(Br)c1. The van der Waals surface area contributed by atoms with E-state index in [1.807, 2.05) is 6.07 Å². The second-order valence-corrected chi connectivity index (χ2v) is 2.56. The zero-order valence-corrected chi connectivity index (χ0v) is 6.59. The summed E-state index contributed by atoms with van der Waals surface area (Å²) in [6.07, 6.45) is 0. The first kappa shape index (κ1) is 7.28. The van der Waals surface area contributed by atoms with Crippen LogP contribution >= 0.6 is 15.9 Å². The van der Waals surface area contributed by atoms with Crippen molar-refractivity contribution in [2.24, 2.45) is 0 Å². The highest BCUT2D eigenvalue weighted by atomic mass is 79.9. The molecule has 0 aliphatic carbocycles. The lowest BCUT2D eigenvalue weighted by atomic mass is 10.3. The Morgan fingerprint density at radius 2 is 2.30 bits per heavy atom. The Kier molecular flexibility index (Phi) is 2.45. The second kappa shape index (κ2) is 3.37. The fraction of sp³-hybridized carbons (Fsp3) is 0. The largest absolute Gasteiger partial charge is 0.423 e. The molecule has 0 bridgehead atoms. The van der Waals surface area contributed by atoms with Crippen molar-refractivity contribution in [1.82, 2.24) is 0 Å². The molecule has 0 unspecified atom stereocenters. The zero-order valence-electron chi connectivity index (χ0n) is 5.00. The molecule has 2 nitrogen and oxygen atoms in total. The van der Waals surface area contributed by atoms with Gasteiger partial charge in [-0.3, -0.25) is 0 Å². The summed E-state index contributed by atoms with van der Waals surface area (Å²) < 4.78 is 5.33. The topological polar surface area (TPSA) is 26.3 Å². The normalized spacial score (nSPS) is 8.90. The van der Waals surface area contributed by atoms with Gasteiger partial charge in [0.2, 0.25) is 0 Å². The summed E-state index contributed by atoms with van der Waals surface area (Å²) in [7, 11) is 0. The summed E-state index contributed by atoms with van der Waals surface area (Å²) in [5.74, 6) is 0.490. The van der Waals surface area contributed by atoms with Gasteiger partial charge in [0.05, 0.1) is 0 Å². The van der Waals surface area contributed by atoms with Gasteiger partial charge in [-0.15, -0.1) is 0 Å². The molecule has 0 heterocycles. The van der Waals surface area contributed by atoms with Crippen molar-refractivity contribution in [3.05, 3.63) is 28.7 Å². The molecule has 0 atom stereocenters. The van der Waals surface area contributed by atoms with Crippen molar-refractivity contribution >= 4 is 22.4 Å². The van der Waals surface area contributed by atoms with Crippen LogP contribution in [0.2, 0.25) is 0 Å². The van der Waals surface area contributed by atoms with Crippen LogP contribution in [0.25, 0.3) is 0 Å². The number of benzene rings is 1. The fourth-order valence-corrected chi connectivity index (χ4v) is 0.957. The van der Waals surface area contributed by atoms with Gasteiger partial charge in [0.15, 0.2) is 0 Å². The molecular formula is C7H4BrO2. The highest BCUT2D eigenvalue weighted by molar-refractivity contribution is 9.10. The van der Waals surface area contributed by atoms with E-state index in [2.05, 4.69) is 20.7 Å². The molecule has 0 amide bonds. The van der Waals surface area contributed by atoms with Crippen LogP contribution in [-0.4, -0.2) is 6.47 Å². The molecule has 1 aromatic rings. The van der Waals surface area contributed by atoms with Crippen LogP contribution in [0.3, 0.4) is 0 Å². The first-order valence-electron chi connectivity index (χ1n) is 2.62. The third kappa shape index (κ3) is 1.84. The van der Waals surface area contributed by atoms with E-state index < -0.39 is 0 Å². The van der Waals surface area contributed by atoms with Gasteiger partial charge in [-0.05, 0) is 18.2 Å². The van der Waals surface area contributed by atoms with E-state index in [1.165, 1.54) is 6.47 Å². The quantitative estimate of drug-likeness (QED) is 0.728. The van der Waals surface area contributed by atoms with Crippen LogP contribution in [-0.2, 0) is 4.79 Å². The molecule has 1 aromatic carbocycles. The van der Waals surface area contributed by atoms with Crippen LogP contribution in [0.1, 0.15) is 0 Å². The Hall–Kier alpha value is -0.830. The molecule has 0 aromatic heterocycles. The molecule has 1 radical (unpaired) electrons. The second-order valence-electron chi connectivity index (χ2n) is 1.64. The molecule has 0 aliphatic rings. The van der Waals surface area contributed by atoms with E-state index in [0.29, 0.717) is 5.75 Å². The van der Waals surface area contributed by atoms with Crippen LogP contribution in [0, 0.1) is 0 Å². The average molecular weight is 200 g/mol. The molecule has 0 aliphatic heterocycles. The minimum Gasteiger partial charge on any atom is -0.418 e. The van der Waals surface area contributed by atoms with Crippen LogP contribution in [0.15, 0.2) is 28.7 Å². The van der Waals surface area contributed by atoms with E-state index in [0.717, 1.165) is 4.47 Å². The van der Waals surface area contributed by atoms with Crippen LogP contribution in [0.4, 0.5) is 0 Å². The van der Waals surface area contributed by atoms with Gasteiger partial charge in [-0.1, -0.05) is 22.0 Å². The third-order valence-corrected chi connectivity index (χ3v) is 1.45. The Morgan fingerprint density at radius 1 is 1.50 bits per heavy atom. The van der Waals surface area contributed by atoms with Crippen molar-refractivity contribution in [3.8, 4) is 5.75 Å². The first-order chi connectivity index (χ1) is 4.83.